The van der Waals surface area contributed by atoms with E-state index in [9.17, 15) is 4.79 Å². The zero-order chi connectivity index (χ0) is 15.4. The molecule has 0 N–H and O–H groups in total. The van der Waals surface area contributed by atoms with Crippen LogP contribution in [0.1, 0.15) is 44.9 Å². The Labute approximate surface area is 134 Å². The van der Waals surface area contributed by atoms with Crippen molar-refractivity contribution in [3.8, 4) is 0 Å². The number of hydrogen-bond donors (Lipinski definition) is 0. The second kappa shape index (κ2) is 7.60. The molecule has 3 rings (SSSR count). The minimum absolute atomic E-state index is 0.182. The molecule has 2 aliphatic carbocycles. The van der Waals surface area contributed by atoms with Gasteiger partial charge in [-0.3, -0.25) is 4.79 Å². The lowest BCUT2D eigenvalue weighted by Crippen LogP contribution is -2.49. The largest absolute Gasteiger partial charge is 0.373 e. The quantitative estimate of drug-likeness (QED) is 0.707. The van der Waals surface area contributed by atoms with Crippen LogP contribution < -0.4 is 0 Å². The highest BCUT2D eigenvalue weighted by Gasteiger charge is 2.28. The Hall–Kier alpha value is -0.870. The lowest BCUT2D eigenvalue weighted by molar-refractivity contribution is -0.138. The minimum Gasteiger partial charge on any atom is -0.373 e. The molecule has 22 heavy (non-hydrogen) atoms. The standard InChI is InChI=1S/C18H30N2O2/c1-19(12-16-7-8-16)13-17-14-20(9-10-22-17)18(21)11-15-5-3-2-4-6-15/h5,16-17H,2-4,6-14H2,1H3/t17-/m0/s1. The van der Waals surface area contributed by atoms with E-state index in [-0.39, 0.29) is 6.10 Å². The summed E-state index contributed by atoms with van der Waals surface area (Å²) in [7, 11) is 2.18. The second-order valence-corrected chi connectivity index (χ2v) is 7.28. The lowest BCUT2D eigenvalue weighted by Gasteiger charge is -2.35. The highest BCUT2D eigenvalue weighted by atomic mass is 16.5. The van der Waals surface area contributed by atoms with Gasteiger partial charge in [-0.2, -0.15) is 0 Å². The molecule has 0 aromatic rings. The Bertz CT molecular complexity index is 417. The smallest absolute Gasteiger partial charge is 0.226 e. The van der Waals surface area contributed by atoms with Gasteiger partial charge < -0.3 is 14.5 Å². The molecule has 2 fully saturated rings. The molecule has 4 nitrogen and oxygen atoms in total. The van der Waals surface area contributed by atoms with E-state index < -0.39 is 0 Å². The molecule has 1 saturated carbocycles. The van der Waals surface area contributed by atoms with E-state index in [1.54, 1.807) is 0 Å². The maximum atomic E-state index is 12.5. The van der Waals surface area contributed by atoms with E-state index in [0.29, 0.717) is 18.9 Å². The topological polar surface area (TPSA) is 32.8 Å². The fourth-order valence-electron chi connectivity index (χ4n) is 3.59. The number of ether oxygens (including phenoxy) is 1. The highest BCUT2D eigenvalue weighted by Crippen LogP contribution is 2.29. The molecule has 1 heterocycles. The summed E-state index contributed by atoms with van der Waals surface area (Å²) in [6, 6.07) is 0. The van der Waals surface area contributed by atoms with Crippen molar-refractivity contribution in [3.63, 3.8) is 0 Å². The zero-order valence-corrected chi connectivity index (χ0v) is 13.9. The predicted octanol–water partition coefficient (Wildman–Crippen LogP) is 2.45. The van der Waals surface area contributed by atoms with Crippen LogP contribution in [0, 0.1) is 5.92 Å². The fraction of sp³-hybridized carbons (Fsp3) is 0.833. The van der Waals surface area contributed by atoms with Gasteiger partial charge in [0.15, 0.2) is 0 Å². The van der Waals surface area contributed by atoms with E-state index in [0.717, 1.165) is 38.4 Å². The molecular formula is C18H30N2O2. The normalized spacial score (nSPS) is 26.2. The average Bonchev–Trinajstić information content (AvgIpc) is 3.32. The minimum atomic E-state index is 0.182. The third kappa shape index (κ3) is 4.82. The average molecular weight is 306 g/mol. The van der Waals surface area contributed by atoms with E-state index in [2.05, 4.69) is 18.0 Å². The van der Waals surface area contributed by atoms with E-state index >= 15 is 0 Å². The van der Waals surface area contributed by atoms with Gasteiger partial charge in [0.25, 0.3) is 0 Å². The molecule has 0 radical (unpaired) electrons. The van der Waals surface area contributed by atoms with Gasteiger partial charge in [-0.15, -0.1) is 0 Å². The molecule has 0 unspecified atom stereocenters. The molecule has 1 atom stereocenters. The van der Waals surface area contributed by atoms with Gasteiger partial charge in [0.05, 0.1) is 12.7 Å². The molecule has 124 valence electrons. The number of likely N-dealkylation sites (N-methyl/N-ethyl adjacent to an activating group) is 1. The molecule has 3 aliphatic rings. The molecule has 0 bridgehead atoms. The van der Waals surface area contributed by atoms with Gasteiger partial charge in [0.2, 0.25) is 5.91 Å². The van der Waals surface area contributed by atoms with Crippen LogP contribution in [-0.4, -0.2) is 61.6 Å². The van der Waals surface area contributed by atoms with Crippen molar-refractivity contribution < 1.29 is 9.53 Å². The molecular weight excluding hydrogens is 276 g/mol. The van der Waals surface area contributed by atoms with Crippen molar-refractivity contribution in [1.29, 1.82) is 0 Å². The van der Waals surface area contributed by atoms with Gasteiger partial charge in [0.1, 0.15) is 0 Å². The number of carbonyl (C=O) groups excluding carboxylic acids is 1. The maximum Gasteiger partial charge on any atom is 0.226 e. The number of hydrogen-bond acceptors (Lipinski definition) is 3. The van der Waals surface area contributed by atoms with Gasteiger partial charge in [-0.1, -0.05) is 11.6 Å². The number of morpholine rings is 1. The van der Waals surface area contributed by atoms with Crippen LogP contribution in [0.2, 0.25) is 0 Å². The first-order chi connectivity index (χ1) is 10.7. The Morgan fingerprint density at radius 1 is 1.36 bits per heavy atom. The summed E-state index contributed by atoms with van der Waals surface area (Å²) < 4.78 is 5.87. The first-order valence-corrected chi connectivity index (χ1v) is 8.96. The van der Waals surface area contributed by atoms with Gasteiger partial charge >= 0.3 is 0 Å². The van der Waals surface area contributed by atoms with Crippen molar-refractivity contribution in [2.45, 2.75) is 51.0 Å². The van der Waals surface area contributed by atoms with E-state index in [1.165, 1.54) is 37.8 Å². The fourth-order valence-corrected chi connectivity index (χ4v) is 3.59. The van der Waals surface area contributed by atoms with Crippen molar-refractivity contribution in [2.24, 2.45) is 5.92 Å². The SMILES string of the molecule is CN(CC1CC1)C[C@H]1CN(C(=O)CC2=CCCCC2)CCO1. The first kappa shape index (κ1) is 16.0. The van der Waals surface area contributed by atoms with Crippen LogP contribution in [0.5, 0.6) is 0 Å². The number of amides is 1. The summed E-state index contributed by atoms with van der Waals surface area (Å²) in [6.45, 7) is 4.34. The monoisotopic (exact) mass is 306 g/mol. The van der Waals surface area contributed by atoms with Crippen molar-refractivity contribution in [3.05, 3.63) is 11.6 Å². The van der Waals surface area contributed by atoms with Crippen molar-refractivity contribution in [1.82, 2.24) is 9.80 Å². The summed E-state index contributed by atoms with van der Waals surface area (Å²) in [4.78, 5) is 16.9. The van der Waals surface area contributed by atoms with Gasteiger partial charge in [-0.05, 0) is 51.5 Å². The number of allylic oxidation sites excluding steroid dienone is 1. The summed E-state index contributed by atoms with van der Waals surface area (Å²) in [5.41, 5.74) is 1.35. The van der Waals surface area contributed by atoms with Crippen LogP contribution in [0.15, 0.2) is 11.6 Å². The lowest BCUT2D eigenvalue weighted by atomic mass is 9.97. The summed E-state index contributed by atoms with van der Waals surface area (Å²) in [6.07, 6.45) is 10.7. The summed E-state index contributed by atoms with van der Waals surface area (Å²) in [5.74, 6) is 1.20. The first-order valence-electron chi connectivity index (χ1n) is 8.96. The van der Waals surface area contributed by atoms with Crippen LogP contribution >= 0.6 is 0 Å². The van der Waals surface area contributed by atoms with Crippen LogP contribution in [0.25, 0.3) is 0 Å². The zero-order valence-electron chi connectivity index (χ0n) is 13.9. The summed E-state index contributed by atoms with van der Waals surface area (Å²) >= 11 is 0. The van der Waals surface area contributed by atoms with E-state index in [4.69, 9.17) is 4.74 Å². The molecule has 4 heteroatoms. The third-order valence-electron chi connectivity index (χ3n) is 5.04. The highest BCUT2D eigenvalue weighted by molar-refractivity contribution is 5.78. The Balaban J connectivity index is 1.44. The number of nitrogens with zero attached hydrogens (tertiary/aromatic N) is 2. The molecule has 1 amide bonds. The molecule has 0 spiro atoms. The Kier molecular flexibility index (Phi) is 5.53. The van der Waals surface area contributed by atoms with Crippen LogP contribution in [0.4, 0.5) is 0 Å². The molecule has 0 aromatic carbocycles. The van der Waals surface area contributed by atoms with Crippen molar-refractivity contribution in [2.75, 3.05) is 39.8 Å². The van der Waals surface area contributed by atoms with Crippen molar-refractivity contribution >= 4 is 5.91 Å². The predicted molar refractivity (Wildman–Crippen MR) is 87.7 cm³/mol. The van der Waals surface area contributed by atoms with Crippen LogP contribution in [-0.2, 0) is 9.53 Å². The maximum absolute atomic E-state index is 12.5. The molecule has 1 saturated heterocycles. The molecule has 0 aromatic heterocycles. The van der Waals surface area contributed by atoms with E-state index in [1.807, 2.05) is 4.90 Å². The number of rotatable bonds is 6. The van der Waals surface area contributed by atoms with Gasteiger partial charge in [0, 0.05) is 32.6 Å². The number of carbonyl (C=O) groups is 1. The summed E-state index contributed by atoms with van der Waals surface area (Å²) in [5, 5.41) is 0. The Morgan fingerprint density at radius 3 is 2.95 bits per heavy atom. The van der Waals surface area contributed by atoms with Gasteiger partial charge in [-0.25, -0.2) is 0 Å². The van der Waals surface area contributed by atoms with Crippen LogP contribution in [0.3, 0.4) is 0 Å². The Morgan fingerprint density at radius 2 is 2.23 bits per heavy atom. The molecule has 1 aliphatic heterocycles. The third-order valence-corrected chi connectivity index (χ3v) is 5.04. The second-order valence-electron chi connectivity index (χ2n) is 7.28.